The largest absolute Gasteiger partial charge is 0.508 e. The smallest absolute Gasteiger partial charge is 0.348 e. The van der Waals surface area contributed by atoms with Gasteiger partial charge in [-0.15, -0.1) is 0 Å². The average molecular weight is 443 g/mol. The summed E-state index contributed by atoms with van der Waals surface area (Å²) in [5.74, 6) is -1.79. The van der Waals surface area contributed by atoms with Crippen LogP contribution >= 0.6 is 0 Å². The van der Waals surface area contributed by atoms with Crippen molar-refractivity contribution in [2.24, 2.45) is 0 Å². The zero-order chi connectivity index (χ0) is 23.3. The maximum absolute atomic E-state index is 13.0. The van der Waals surface area contributed by atoms with Crippen LogP contribution in [0.1, 0.15) is 80.3 Å². The lowest BCUT2D eigenvalue weighted by molar-refractivity contribution is -0.118. The van der Waals surface area contributed by atoms with E-state index in [0.717, 1.165) is 44.6 Å². The predicted molar refractivity (Wildman–Crippen MR) is 119 cm³/mol. The molecule has 0 bridgehead atoms. The number of ether oxygens (including phenoxy) is 2. The fourth-order valence-electron chi connectivity index (χ4n) is 3.87. The average Bonchev–Trinajstić information content (AvgIpc) is 2.88. The van der Waals surface area contributed by atoms with Crippen molar-refractivity contribution in [1.29, 1.82) is 0 Å². The molecule has 7 nitrogen and oxygen atoms in total. The first-order valence-corrected chi connectivity index (χ1v) is 11.2. The Labute approximate surface area is 187 Å². The summed E-state index contributed by atoms with van der Waals surface area (Å²) < 4.78 is 11.5. The molecule has 2 aromatic rings. The molecule has 2 aromatic carbocycles. The van der Waals surface area contributed by atoms with E-state index in [0.29, 0.717) is 18.4 Å². The second-order valence-electron chi connectivity index (χ2n) is 8.15. The number of esters is 1. The van der Waals surface area contributed by atoms with Crippen LogP contribution in [-0.4, -0.2) is 27.1 Å². The Morgan fingerprint density at radius 2 is 1.59 bits per heavy atom. The fraction of sp³-hybridized carbons (Fsp3) is 0.440. The van der Waals surface area contributed by atoms with Crippen LogP contribution in [0.3, 0.4) is 0 Å². The molecule has 0 unspecified atom stereocenters. The number of phenolic OH excluding ortho intramolecular Hbond substituents is 3. The SMILES string of the molecule is CCCCCC(=O)Cc1c(O)cc(O)c2c1C(=O)Oc1cc(O)cc(CCCCC)c1O2. The predicted octanol–water partition coefficient (Wildman–Crippen LogP) is 5.55. The lowest BCUT2D eigenvalue weighted by Gasteiger charge is -2.15. The van der Waals surface area contributed by atoms with Crippen molar-refractivity contribution in [3.63, 3.8) is 0 Å². The van der Waals surface area contributed by atoms with Crippen molar-refractivity contribution in [2.75, 3.05) is 0 Å². The summed E-state index contributed by atoms with van der Waals surface area (Å²) in [7, 11) is 0. The number of phenols is 3. The van der Waals surface area contributed by atoms with Crippen molar-refractivity contribution in [3.8, 4) is 34.5 Å². The van der Waals surface area contributed by atoms with Crippen LogP contribution in [0.15, 0.2) is 18.2 Å². The maximum atomic E-state index is 13.0. The molecule has 0 atom stereocenters. The first-order valence-electron chi connectivity index (χ1n) is 11.2. The van der Waals surface area contributed by atoms with Crippen LogP contribution in [-0.2, 0) is 17.6 Å². The summed E-state index contributed by atoms with van der Waals surface area (Å²) in [6.07, 6.45) is 6.17. The summed E-state index contributed by atoms with van der Waals surface area (Å²) in [5, 5.41) is 31.0. The molecule has 0 radical (unpaired) electrons. The number of ketones is 1. The number of fused-ring (bicyclic) bond motifs is 2. The van der Waals surface area contributed by atoms with E-state index in [1.807, 2.05) is 6.92 Å². The summed E-state index contributed by atoms with van der Waals surface area (Å²) in [5.41, 5.74) is 0.522. The van der Waals surface area contributed by atoms with E-state index in [9.17, 15) is 24.9 Å². The zero-order valence-corrected chi connectivity index (χ0v) is 18.6. The number of unbranched alkanes of at least 4 members (excludes halogenated alkanes) is 4. The van der Waals surface area contributed by atoms with Crippen molar-refractivity contribution < 1.29 is 34.4 Å². The minimum Gasteiger partial charge on any atom is -0.508 e. The third-order valence-corrected chi connectivity index (χ3v) is 5.55. The van der Waals surface area contributed by atoms with Gasteiger partial charge in [-0.2, -0.15) is 0 Å². The first kappa shape index (κ1) is 23.4. The van der Waals surface area contributed by atoms with Gasteiger partial charge in [0, 0.05) is 36.1 Å². The molecule has 0 fully saturated rings. The number of rotatable bonds is 10. The maximum Gasteiger partial charge on any atom is 0.348 e. The van der Waals surface area contributed by atoms with Crippen LogP contribution in [0.5, 0.6) is 34.5 Å². The van der Waals surface area contributed by atoms with Crippen LogP contribution in [0.25, 0.3) is 0 Å². The molecule has 1 aliphatic rings. The Kier molecular flexibility index (Phi) is 7.62. The van der Waals surface area contributed by atoms with Gasteiger partial charge in [-0.05, 0) is 25.3 Å². The van der Waals surface area contributed by atoms with E-state index in [4.69, 9.17) is 9.47 Å². The van der Waals surface area contributed by atoms with Gasteiger partial charge in [0.15, 0.2) is 23.0 Å². The summed E-state index contributed by atoms with van der Waals surface area (Å²) in [6, 6.07) is 3.89. The molecular weight excluding hydrogens is 412 g/mol. The highest BCUT2D eigenvalue weighted by molar-refractivity contribution is 6.00. The number of aryl methyl sites for hydroxylation is 1. The summed E-state index contributed by atoms with van der Waals surface area (Å²) >= 11 is 0. The highest BCUT2D eigenvalue weighted by Crippen LogP contribution is 2.48. The van der Waals surface area contributed by atoms with Gasteiger partial charge in [0.1, 0.15) is 22.8 Å². The molecule has 1 heterocycles. The van der Waals surface area contributed by atoms with Gasteiger partial charge >= 0.3 is 5.97 Å². The summed E-state index contributed by atoms with van der Waals surface area (Å²) in [4.78, 5) is 25.5. The van der Waals surface area contributed by atoms with Crippen LogP contribution < -0.4 is 9.47 Å². The molecule has 32 heavy (non-hydrogen) atoms. The van der Waals surface area contributed by atoms with E-state index < -0.39 is 11.7 Å². The van der Waals surface area contributed by atoms with Crippen LogP contribution in [0.4, 0.5) is 0 Å². The third kappa shape index (κ3) is 5.15. The number of Topliss-reactive ketones (excluding diaryl/α,β-unsaturated/α-hetero) is 1. The number of benzene rings is 2. The van der Waals surface area contributed by atoms with Crippen LogP contribution in [0, 0.1) is 0 Å². The van der Waals surface area contributed by atoms with Gasteiger partial charge < -0.3 is 24.8 Å². The Balaban J connectivity index is 2.02. The molecule has 0 saturated carbocycles. The van der Waals surface area contributed by atoms with E-state index in [1.54, 1.807) is 6.07 Å². The molecule has 0 amide bonds. The normalized spacial score (nSPS) is 12.4. The van der Waals surface area contributed by atoms with E-state index in [1.165, 1.54) is 6.07 Å². The van der Waals surface area contributed by atoms with Gasteiger partial charge in [0.05, 0.1) is 0 Å². The van der Waals surface area contributed by atoms with Gasteiger partial charge in [-0.1, -0.05) is 39.5 Å². The van der Waals surface area contributed by atoms with Gasteiger partial charge in [-0.25, -0.2) is 4.79 Å². The standard InChI is InChI=1S/C25H30O7/c1-3-5-7-9-15-11-17(27)13-21-23(15)32-24-20(29)14-19(28)18(22(24)25(30)31-21)12-16(26)10-8-6-4-2/h11,13-14,27-29H,3-10,12H2,1-2H3. The Morgan fingerprint density at radius 3 is 2.31 bits per heavy atom. The Hall–Kier alpha value is -3.22. The monoisotopic (exact) mass is 442 g/mol. The number of carbonyl (C=O) groups is 2. The Morgan fingerprint density at radius 1 is 0.875 bits per heavy atom. The van der Waals surface area contributed by atoms with Gasteiger partial charge in [0.25, 0.3) is 0 Å². The summed E-state index contributed by atoms with van der Waals surface area (Å²) in [6.45, 7) is 4.11. The molecule has 172 valence electrons. The van der Waals surface area contributed by atoms with Gasteiger partial charge in [-0.3, -0.25) is 4.79 Å². The molecule has 3 rings (SSSR count). The van der Waals surface area contributed by atoms with Crippen molar-refractivity contribution in [3.05, 3.63) is 34.9 Å². The molecule has 0 spiro atoms. The number of hydrogen-bond donors (Lipinski definition) is 3. The van der Waals surface area contributed by atoms with E-state index >= 15 is 0 Å². The quantitative estimate of drug-likeness (QED) is 0.251. The van der Waals surface area contributed by atoms with Gasteiger partial charge in [0.2, 0.25) is 0 Å². The van der Waals surface area contributed by atoms with E-state index in [2.05, 4.69) is 6.92 Å². The highest BCUT2D eigenvalue weighted by Gasteiger charge is 2.32. The number of aromatic hydroxyl groups is 3. The molecule has 7 heteroatoms. The minimum absolute atomic E-state index is 0.0248. The van der Waals surface area contributed by atoms with Crippen molar-refractivity contribution in [2.45, 2.75) is 71.6 Å². The molecule has 1 aliphatic heterocycles. The van der Waals surface area contributed by atoms with Crippen molar-refractivity contribution in [1.82, 2.24) is 0 Å². The Bertz CT molecular complexity index is 1010. The molecule has 0 aliphatic carbocycles. The molecule has 3 N–H and O–H groups in total. The second kappa shape index (κ2) is 10.4. The second-order valence-corrected chi connectivity index (χ2v) is 8.15. The fourth-order valence-corrected chi connectivity index (χ4v) is 3.87. The third-order valence-electron chi connectivity index (χ3n) is 5.55. The lowest BCUT2D eigenvalue weighted by atomic mass is 9.97. The topological polar surface area (TPSA) is 113 Å². The molecule has 0 aromatic heterocycles. The lowest BCUT2D eigenvalue weighted by Crippen LogP contribution is -2.13. The van der Waals surface area contributed by atoms with E-state index in [-0.39, 0.29) is 52.1 Å². The zero-order valence-electron chi connectivity index (χ0n) is 18.6. The highest BCUT2D eigenvalue weighted by atomic mass is 16.6. The number of carbonyl (C=O) groups excluding carboxylic acids is 2. The molecular formula is C25H30O7. The molecule has 0 saturated heterocycles. The van der Waals surface area contributed by atoms with Crippen LogP contribution in [0.2, 0.25) is 0 Å². The number of hydrogen-bond acceptors (Lipinski definition) is 7. The first-order chi connectivity index (χ1) is 15.3. The minimum atomic E-state index is -0.869. The van der Waals surface area contributed by atoms with Crippen molar-refractivity contribution >= 4 is 11.8 Å².